The molecular formula is C12H10O. The van der Waals surface area contributed by atoms with Crippen LogP contribution in [0.3, 0.4) is 0 Å². The van der Waals surface area contributed by atoms with E-state index in [9.17, 15) is 4.79 Å². The minimum Gasteiger partial charge on any atom is -0.294 e. The normalized spacial score (nSPS) is 10.2. The van der Waals surface area contributed by atoms with Gasteiger partial charge >= 0.3 is 0 Å². The first-order valence-electron chi connectivity index (χ1n) is 4.28. The van der Waals surface area contributed by atoms with Crippen LogP contribution in [0.5, 0.6) is 0 Å². The quantitative estimate of drug-likeness (QED) is 0.599. The number of carbonyl (C=O) groups is 1. The van der Waals surface area contributed by atoms with E-state index in [4.69, 9.17) is 0 Å². The predicted octanol–water partition coefficient (Wildman–Crippen LogP) is 3.04. The van der Waals surface area contributed by atoms with Crippen LogP contribution in [0, 0.1) is 0 Å². The minimum atomic E-state index is 0.122. The van der Waals surface area contributed by atoms with Crippen LogP contribution in [0.1, 0.15) is 17.3 Å². The highest BCUT2D eigenvalue weighted by molar-refractivity contribution is 6.06. The molecule has 0 aliphatic heterocycles. The van der Waals surface area contributed by atoms with Crippen LogP contribution in [0.2, 0.25) is 0 Å². The van der Waals surface area contributed by atoms with Crippen molar-refractivity contribution < 1.29 is 4.79 Å². The predicted molar refractivity (Wildman–Crippen MR) is 54.0 cm³/mol. The van der Waals surface area contributed by atoms with Crippen LogP contribution in [0.4, 0.5) is 0 Å². The Hall–Kier alpha value is -1.63. The number of Topliss-reactive ketones (excluding diaryl/α,β-unsaturated/α-hetero) is 1. The summed E-state index contributed by atoms with van der Waals surface area (Å²) in [4.78, 5) is 11.3. The Morgan fingerprint density at radius 3 is 2.46 bits per heavy atom. The van der Waals surface area contributed by atoms with Crippen molar-refractivity contribution in [3.8, 4) is 0 Å². The zero-order valence-electron chi connectivity index (χ0n) is 7.45. The first kappa shape index (κ1) is 7.99. The standard InChI is InChI=1S/C12H10O/c1-9(13)11-8-4-6-10-5-2-3-7-12(10)11/h2-8H,1H3/i9-1. The Morgan fingerprint density at radius 1 is 1.00 bits per heavy atom. The van der Waals surface area contributed by atoms with Gasteiger partial charge in [0.25, 0.3) is 0 Å². The van der Waals surface area contributed by atoms with Crippen molar-refractivity contribution in [2.45, 2.75) is 6.92 Å². The number of ketones is 1. The maximum Gasteiger partial charge on any atom is 0.160 e. The molecule has 0 atom stereocenters. The molecular weight excluding hydrogens is 159 g/mol. The molecule has 0 aliphatic carbocycles. The van der Waals surface area contributed by atoms with E-state index < -0.39 is 0 Å². The van der Waals surface area contributed by atoms with Gasteiger partial charge in [0.1, 0.15) is 0 Å². The molecule has 2 aromatic rings. The topological polar surface area (TPSA) is 17.1 Å². The second kappa shape index (κ2) is 3.02. The van der Waals surface area contributed by atoms with E-state index in [1.165, 1.54) is 0 Å². The van der Waals surface area contributed by atoms with Crippen LogP contribution < -0.4 is 0 Å². The summed E-state index contributed by atoms with van der Waals surface area (Å²) in [5.41, 5.74) is 0.804. The molecule has 0 N–H and O–H groups in total. The molecule has 13 heavy (non-hydrogen) atoms. The molecule has 0 heterocycles. The van der Waals surface area contributed by atoms with Gasteiger partial charge in [0.2, 0.25) is 0 Å². The molecule has 0 radical (unpaired) electrons. The van der Waals surface area contributed by atoms with Gasteiger partial charge in [-0.3, -0.25) is 4.79 Å². The number of fused-ring (bicyclic) bond motifs is 1. The lowest BCUT2D eigenvalue weighted by atomic mass is 9.77. The third kappa shape index (κ3) is 1.33. The van der Waals surface area contributed by atoms with Crippen molar-refractivity contribution >= 4 is 16.6 Å². The molecule has 64 valence electrons. The molecule has 0 saturated heterocycles. The van der Waals surface area contributed by atoms with Crippen LogP contribution in [-0.2, 0) is 0 Å². The van der Waals surface area contributed by atoms with Gasteiger partial charge in [-0.1, -0.05) is 42.5 Å². The zero-order valence-corrected chi connectivity index (χ0v) is 7.45. The SMILES string of the molecule is C[11C](=O)c1cccc2ccccc12. The smallest absolute Gasteiger partial charge is 0.160 e. The van der Waals surface area contributed by atoms with Gasteiger partial charge < -0.3 is 0 Å². The van der Waals surface area contributed by atoms with Crippen LogP contribution in [0.25, 0.3) is 10.8 Å². The molecule has 0 bridgehead atoms. The summed E-state index contributed by atoms with van der Waals surface area (Å²) in [6.45, 7) is 1.60. The largest absolute Gasteiger partial charge is 0.294 e. The van der Waals surface area contributed by atoms with Gasteiger partial charge in [-0.25, -0.2) is 0 Å². The monoisotopic (exact) mass is 169 g/mol. The maximum absolute atomic E-state index is 11.3. The molecule has 0 fully saturated rings. The lowest BCUT2D eigenvalue weighted by Crippen LogP contribution is -1.92. The zero-order chi connectivity index (χ0) is 9.26. The van der Waals surface area contributed by atoms with E-state index >= 15 is 0 Å². The average Bonchev–Trinajstić information content (AvgIpc) is 2.17. The molecule has 0 aromatic heterocycles. The molecule has 0 spiro atoms. The van der Waals surface area contributed by atoms with Crippen molar-refractivity contribution in [2.75, 3.05) is 0 Å². The highest BCUT2D eigenvalue weighted by atomic mass is 16.1. The van der Waals surface area contributed by atoms with Crippen molar-refractivity contribution in [1.29, 1.82) is 0 Å². The fourth-order valence-corrected chi connectivity index (χ4v) is 1.53. The van der Waals surface area contributed by atoms with E-state index in [-0.39, 0.29) is 5.78 Å². The highest BCUT2D eigenvalue weighted by Crippen LogP contribution is 2.18. The van der Waals surface area contributed by atoms with Gasteiger partial charge in [0, 0.05) is 5.56 Å². The molecule has 2 rings (SSSR count). The molecule has 1 heteroatoms. The second-order valence-electron chi connectivity index (χ2n) is 3.08. The van der Waals surface area contributed by atoms with Crippen molar-refractivity contribution in [2.24, 2.45) is 0 Å². The first-order chi connectivity index (χ1) is 6.29. The van der Waals surface area contributed by atoms with E-state index in [1.807, 2.05) is 42.5 Å². The summed E-state index contributed by atoms with van der Waals surface area (Å²) >= 11 is 0. The highest BCUT2D eigenvalue weighted by Gasteiger charge is 2.02. The van der Waals surface area contributed by atoms with Gasteiger partial charge in [-0.05, 0) is 17.7 Å². The number of hydrogen-bond donors (Lipinski definition) is 0. The van der Waals surface area contributed by atoms with Gasteiger partial charge in [0.15, 0.2) is 5.78 Å². The fourth-order valence-electron chi connectivity index (χ4n) is 1.53. The van der Waals surface area contributed by atoms with Crippen LogP contribution >= 0.6 is 0 Å². The van der Waals surface area contributed by atoms with Crippen molar-refractivity contribution in [1.82, 2.24) is 0 Å². The number of hydrogen-bond acceptors (Lipinski definition) is 1. The Balaban J connectivity index is 2.83. The second-order valence-corrected chi connectivity index (χ2v) is 3.08. The van der Waals surface area contributed by atoms with Crippen molar-refractivity contribution in [3.05, 3.63) is 48.0 Å². The van der Waals surface area contributed by atoms with Crippen molar-refractivity contribution in [3.63, 3.8) is 0 Å². The summed E-state index contributed by atoms with van der Waals surface area (Å²) in [7, 11) is 0. The van der Waals surface area contributed by atoms with Gasteiger partial charge in [-0.2, -0.15) is 0 Å². The number of carbonyl (C=O) groups excluding carboxylic acids is 1. The van der Waals surface area contributed by atoms with Gasteiger partial charge in [0.05, 0.1) is 0 Å². The van der Waals surface area contributed by atoms with E-state index in [1.54, 1.807) is 6.92 Å². The molecule has 0 amide bonds. The number of rotatable bonds is 1. The lowest BCUT2D eigenvalue weighted by Gasteiger charge is -2.01. The van der Waals surface area contributed by atoms with Crippen LogP contribution in [-0.4, -0.2) is 5.78 Å². The fraction of sp³-hybridized carbons (Fsp3) is 0.0833. The van der Waals surface area contributed by atoms with E-state index in [0.717, 1.165) is 16.3 Å². The van der Waals surface area contributed by atoms with E-state index in [0.29, 0.717) is 0 Å². The third-order valence-electron chi connectivity index (χ3n) is 2.17. The number of benzene rings is 2. The van der Waals surface area contributed by atoms with Crippen LogP contribution in [0.15, 0.2) is 42.5 Å². The minimum absolute atomic E-state index is 0.122. The average molecular weight is 169 g/mol. The molecule has 0 aliphatic rings. The molecule has 0 saturated carbocycles. The molecule has 2 aromatic carbocycles. The maximum atomic E-state index is 11.3. The Labute approximate surface area is 77.0 Å². The lowest BCUT2D eigenvalue weighted by molar-refractivity contribution is 0.101. The first-order valence-corrected chi connectivity index (χ1v) is 4.28. The molecule has 0 unspecified atom stereocenters. The summed E-state index contributed by atoms with van der Waals surface area (Å²) in [6, 6.07) is 13.7. The summed E-state index contributed by atoms with van der Waals surface area (Å²) in [5.74, 6) is 0.122. The molecule has 1 nitrogen and oxygen atoms in total. The summed E-state index contributed by atoms with van der Waals surface area (Å²) in [5, 5.41) is 2.16. The van der Waals surface area contributed by atoms with Gasteiger partial charge in [-0.15, -0.1) is 0 Å². The Bertz CT molecular complexity index is 452. The Kier molecular flexibility index (Phi) is 1.85. The summed E-state index contributed by atoms with van der Waals surface area (Å²) in [6.07, 6.45) is 0. The third-order valence-corrected chi connectivity index (χ3v) is 2.17. The van der Waals surface area contributed by atoms with E-state index in [2.05, 4.69) is 0 Å². The summed E-state index contributed by atoms with van der Waals surface area (Å²) < 4.78 is 0. The Morgan fingerprint density at radius 2 is 1.69 bits per heavy atom.